The van der Waals surface area contributed by atoms with Gasteiger partial charge in [0.1, 0.15) is 0 Å². The first-order valence-electron chi connectivity index (χ1n) is 7.83. The normalized spacial score (nSPS) is 28.6. The van der Waals surface area contributed by atoms with Crippen LogP contribution in [-0.4, -0.2) is 30.1 Å². The molecule has 104 valence electrons. The number of likely N-dealkylation sites (tertiary alicyclic amines) is 1. The van der Waals surface area contributed by atoms with Crippen molar-refractivity contribution in [2.24, 2.45) is 0 Å². The van der Waals surface area contributed by atoms with Crippen molar-refractivity contribution in [2.45, 2.75) is 57.3 Å². The molecule has 0 radical (unpaired) electrons. The first-order valence-corrected chi connectivity index (χ1v) is 7.83. The molecule has 1 aliphatic carbocycles. The zero-order chi connectivity index (χ0) is 12.9. The van der Waals surface area contributed by atoms with E-state index in [4.69, 9.17) is 4.74 Å². The van der Waals surface area contributed by atoms with Gasteiger partial charge in [0.05, 0.1) is 12.7 Å². The Bertz CT molecular complexity index is 372. The lowest BCUT2D eigenvalue weighted by molar-refractivity contribution is -0.0389. The Morgan fingerprint density at radius 3 is 2.47 bits per heavy atom. The highest BCUT2D eigenvalue weighted by molar-refractivity contribution is 5.13. The van der Waals surface area contributed by atoms with Crippen LogP contribution in [0.1, 0.15) is 44.1 Å². The number of benzene rings is 1. The third kappa shape index (κ3) is 3.37. The maximum Gasteiger partial charge on any atom is 0.0734 e. The minimum Gasteiger partial charge on any atom is -0.372 e. The summed E-state index contributed by atoms with van der Waals surface area (Å²) in [7, 11) is 0. The molecule has 0 N–H and O–H groups in total. The molecule has 1 saturated carbocycles. The summed E-state index contributed by atoms with van der Waals surface area (Å²) in [5.74, 6) is 0. The fourth-order valence-corrected chi connectivity index (χ4v) is 3.54. The smallest absolute Gasteiger partial charge is 0.0734 e. The molecule has 0 bridgehead atoms. The highest BCUT2D eigenvalue weighted by Gasteiger charge is 2.32. The van der Waals surface area contributed by atoms with E-state index in [-0.39, 0.29) is 0 Å². The maximum atomic E-state index is 6.25. The third-order valence-corrected chi connectivity index (χ3v) is 4.58. The van der Waals surface area contributed by atoms with Gasteiger partial charge in [-0.3, -0.25) is 4.90 Å². The molecule has 1 unspecified atom stereocenters. The molecule has 0 amide bonds. The molecule has 0 spiro atoms. The quantitative estimate of drug-likeness (QED) is 0.819. The maximum absolute atomic E-state index is 6.25. The minimum atomic E-state index is 0.451. The van der Waals surface area contributed by atoms with Crippen LogP contribution in [0.2, 0.25) is 0 Å². The van der Waals surface area contributed by atoms with E-state index in [1.54, 1.807) is 0 Å². The van der Waals surface area contributed by atoms with Crippen LogP contribution in [0.3, 0.4) is 0 Å². The highest BCUT2D eigenvalue weighted by Crippen LogP contribution is 2.28. The van der Waals surface area contributed by atoms with E-state index in [9.17, 15) is 0 Å². The van der Waals surface area contributed by atoms with Crippen LogP contribution in [0.25, 0.3) is 0 Å². The monoisotopic (exact) mass is 259 g/mol. The van der Waals surface area contributed by atoms with Crippen LogP contribution in [0.15, 0.2) is 30.3 Å². The summed E-state index contributed by atoms with van der Waals surface area (Å²) < 4.78 is 6.25. The van der Waals surface area contributed by atoms with E-state index < -0.39 is 0 Å². The Morgan fingerprint density at radius 1 is 0.947 bits per heavy atom. The Hall–Kier alpha value is -0.860. The molecule has 1 saturated heterocycles. The van der Waals surface area contributed by atoms with Crippen LogP contribution in [0, 0.1) is 0 Å². The average molecular weight is 259 g/mol. The fraction of sp³-hybridized carbons (Fsp3) is 0.647. The number of nitrogens with zero attached hydrogens (tertiary/aromatic N) is 1. The van der Waals surface area contributed by atoms with E-state index >= 15 is 0 Å². The van der Waals surface area contributed by atoms with Crippen molar-refractivity contribution in [1.29, 1.82) is 0 Å². The van der Waals surface area contributed by atoms with Gasteiger partial charge >= 0.3 is 0 Å². The number of rotatable bonds is 4. The molecule has 1 heterocycles. The highest BCUT2D eigenvalue weighted by atomic mass is 16.5. The van der Waals surface area contributed by atoms with Crippen molar-refractivity contribution >= 4 is 0 Å². The zero-order valence-corrected chi connectivity index (χ0v) is 11.8. The Balaban J connectivity index is 1.57. The molecule has 1 aliphatic heterocycles. The predicted octanol–water partition coefficient (Wildman–Crippen LogP) is 3.61. The van der Waals surface area contributed by atoms with E-state index in [2.05, 4.69) is 35.2 Å². The SMILES string of the molecule is c1ccc(COC2CCCC[C@@H]2N2CCCC2)cc1. The topological polar surface area (TPSA) is 12.5 Å². The lowest BCUT2D eigenvalue weighted by atomic mass is 9.91. The van der Waals surface area contributed by atoms with Crippen molar-refractivity contribution in [3.8, 4) is 0 Å². The van der Waals surface area contributed by atoms with Gasteiger partial charge in [0.2, 0.25) is 0 Å². The van der Waals surface area contributed by atoms with E-state index in [0.29, 0.717) is 12.1 Å². The Labute approximate surface area is 116 Å². The van der Waals surface area contributed by atoms with Gasteiger partial charge in [-0.2, -0.15) is 0 Å². The lowest BCUT2D eigenvalue weighted by Gasteiger charge is -2.37. The van der Waals surface area contributed by atoms with E-state index in [1.165, 1.54) is 57.2 Å². The number of hydrogen-bond donors (Lipinski definition) is 0. The van der Waals surface area contributed by atoms with Gasteiger partial charge in [0.15, 0.2) is 0 Å². The van der Waals surface area contributed by atoms with Crippen LogP contribution in [0.4, 0.5) is 0 Å². The van der Waals surface area contributed by atoms with Gasteiger partial charge in [0.25, 0.3) is 0 Å². The Kier molecular flexibility index (Phi) is 4.52. The van der Waals surface area contributed by atoms with Crippen molar-refractivity contribution in [3.63, 3.8) is 0 Å². The van der Waals surface area contributed by atoms with Gasteiger partial charge in [-0.15, -0.1) is 0 Å². The summed E-state index contributed by atoms with van der Waals surface area (Å²) in [6.45, 7) is 3.35. The molecule has 19 heavy (non-hydrogen) atoms. The molecular weight excluding hydrogens is 234 g/mol. The van der Waals surface area contributed by atoms with E-state index in [1.807, 2.05) is 0 Å². The molecule has 1 aromatic carbocycles. The largest absolute Gasteiger partial charge is 0.372 e. The van der Waals surface area contributed by atoms with Crippen LogP contribution < -0.4 is 0 Å². The number of ether oxygens (including phenoxy) is 1. The molecular formula is C17H25NO. The first-order chi connectivity index (χ1) is 9.43. The van der Waals surface area contributed by atoms with E-state index in [0.717, 1.165) is 6.61 Å². The second kappa shape index (κ2) is 6.53. The van der Waals surface area contributed by atoms with Crippen molar-refractivity contribution < 1.29 is 4.74 Å². The van der Waals surface area contributed by atoms with Crippen LogP contribution in [0.5, 0.6) is 0 Å². The lowest BCUT2D eigenvalue weighted by Crippen LogP contribution is -2.45. The Morgan fingerprint density at radius 2 is 1.68 bits per heavy atom. The average Bonchev–Trinajstić information content (AvgIpc) is 3.01. The van der Waals surface area contributed by atoms with Gasteiger partial charge in [0, 0.05) is 6.04 Å². The van der Waals surface area contributed by atoms with Crippen molar-refractivity contribution in [1.82, 2.24) is 4.90 Å². The molecule has 3 rings (SSSR count). The summed E-state index contributed by atoms with van der Waals surface area (Å²) >= 11 is 0. The van der Waals surface area contributed by atoms with Gasteiger partial charge < -0.3 is 4.74 Å². The molecule has 2 atom stereocenters. The van der Waals surface area contributed by atoms with Crippen molar-refractivity contribution in [3.05, 3.63) is 35.9 Å². The predicted molar refractivity (Wildman–Crippen MR) is 78.1 cm³/mol. The summed E-state index contributed by atoms with van der Waals surface area (Å²) in [6, 6.07) is 11.3. The van der Waals surface area contributed by atoms with Crippen molar-refractivity contribution in [2.75, 3.05) is 13.1 Å². The molecule has 0 aromatic heterocycles. The zero-order valence-electron chi connectivity index (χ0n) is 11.8. The third-order valence-electron chi connectivity index (χ3n) is 4.58. The van der Waals surface area contributed by atoms with Crippen LogP contribution in [-0.2, 0) is 11.3 Å². The number of hydrogen-bond acceptors (Lipinski definition) is 2. The van der Waals surface area contributed by atoms with Gasteiger partial charge in [-0.1, -0.05) is 43.2 Å². The minimum absolute atomic E-state index is 0.451. The molecule has 2 fully saturated rings. The second-order valence-corrected chi connectivity index (χ2v) is 5.93. The summed E-state index contributed by atoms with van der Waals surface area (Å²) in [5.41, 5.74) is 1.30. The second-order valence-electron chi connectivity index (χ2n) is 5.93. The summed E-state index contributed by atoms with van der Waals surface area (Å²) in [4.78, 5) is 2.68. The van der Waals surface area contributed by atoms with Gasteiger partial charge in [-0.25, -0.2) is 0 Å². The summed E-state index contributed by atoms with van der Waals surface area (Å²) in [5, 5.41) is 0. The molecule has 2 heteroatoms. The standard InChI is InChI=1S/C17H25NO/c1-2-8-15(9-3-1)14-19-17-11-5-4-10-16(17)18-12-6-7-13-18/h1-3,8-9,16-17H,4-7,10-14H2/t16-,17?/m0/s1. The first kappa shape index (κ1) is 13.1. The molecule has 1 aromatic rings. The van der Waals surface area contributed by atoms with Crippen LogP contribution >= 0.6 is 0 Å². The molecule has 2 nitrogen and oxygen atoms in total. The summed E-state index contributed by atoms with van der Waals surface area (Å²) in [6.07, 6.45) is 8.50. The van der Waals surface area contributed by atoms with Gasteiger partial charge in [-0.05, 0) is 44.3 Å². The molecule has 2 aliphatic rings. The fourth-order valence-electron chi connectivity index (χ4n) is 3.54.